The van der Waals surface area contributed by atoms with E-state index in [2.05, 4.69) is 4.90 Å². The molecule has 2 rings (SSSR count). The Balaban J connectivity index is 1.83. The van der Waals surface area contributed by atoms with Crippen molar-refractivity contribution in [2.75, 3.05) is 32.8 Å². The molecular formula is C15H25FN2O3. The maximum atomic E-state index is 13.9. The number of ether oxygens (including phenoxy) is 1. The van der Waals surface area contributed by atoms with Crippen molar-refractivity contribution in [3.63, 3.8) is 0 Å². The molecule has 1 unspecified atom stereocenters. The van der Waals surface area contributed by atoms with Crippen LogP contribution in [0.4, 0.5) is 9.18 Å². The molecule has 2 aliphatic rings. The minimum Gasteiger partial charge on any atom is -0.450 e. The summed E-state index contributed by atoms with van der Waals surface area (Å²) in [6, 6.07) is 0.376. The van der Waals surface area contributed by atoms with Gasteiger partial charge in [-0.3, -0.25) is 4.79 Å². The molecule has 0 saturated carbocycles. The van der Waals surface area contributed by atoms with Crippen LogP contribution in [-0.4, -0.2) is 66.7 Å². The average Bonchev–Trinajstić information content (AvgIpc) is 2.74. The molecule has 0 spiro atoms. The van der Waals surface area contributed by atoms with Gasteiger partial charge in [-0.05, 0) is 26.2 Å². The van der Waals surface area contributed by atoms with Crippen molar-refractivity contribution in [2.45, 2.75) is 50.7 Å². The van der Waals surface area contributed by atoms with Crippen LogP contribution in [0.3, 0.4) is 0 Å². The van der Waals surface area contributed by atoms with Crippen molar-refractivity contribution in [3.05, 3.63) is 0 Å². The van der Waals surface area contributed by atoms with Crippen LogP contribution in [-0.2, 0) is 9.53 Å². The number of hydrogen-bond acceptors (Lipinski definition) is 4. The Morgan fingerprint density at radius 3 is 2.62 bits per heavy atom. The molecule has 0 aromatic heterocycles. The number of aldehydes is 1. The summed E-state index contributed by atoms with van der Waals surface area (Å²) in [6.45, 7) is 4.87. The predicted molar refractivity (Wildman–Crippen MR) is 76.9 cm³/mol. The van der Waals surface area contributed by atoms with E-state index in [0.717, 1.165) is 25.8 Å². The highest BCUT2D eigenvalue weighted by molar-refractivity contribution is 5.67. The van der Waals surface area contributed by atoms with Gasteiger partial charge in [0, 0.05) is 45.1 Å². The Morgan fingerprint density at radius 2 is 2.00 bits per heavy atom. The molecule has 21 heavy (non-hydrogen) atoms. The van der Waals surface area contributed by atoms with E-state index in [1.54, 1.807) is 4.90 Å². The first-order chi connectivity index (χ1) is 10.1. The quantitative estimate of drug-likeness (QED) is 0.748. The lowest BCUT2D eigenvalue weighted by Gasteiger charge is -2.38. The second-order valence-electron chi connectivity index (χ2n) is 5.96. The number of alkyl halides is 1. The van der Waals surface area contributed by atoms with Crippen molar-refractivity contribution in [2.24, 2.45) is 0 Å². The topological polar surface area (TPSA) is 49.9 Å². The summed E-state index contributed by atoms with van der Waals surface area (Å²) in [5, 5.41) is 0. The predicted octanol–water partition coefficient (Wildman–Crippen LogP) is 2.00. The van der Waals surface area contributed by atoms with Gasteiger partial charge in [0.1, 0.15) is 0 Å². The molecule has 1 amide bonds. The van der Waals surface area contributed by atoms with E-state index in [9.17, 15) is 14.0 Å². The number of hydrogen-bond donors (Lipinski definition) is 0. The summed E-state index contributed by atoms with van der Waals surface area (Å²) in [4.78, 5) is 26.5. The van der Waals surface area contributed by atoms with Crippen LogP contribution in [0.1, 0.15) is 39.0 Å². The molecule has 0 N–H and O–H groups in total. The molecule has 0 aromatic rings. The molecule has 2 aliphatic heterocycles. The van der Waals surface area contributed by atoms with Gasteiger partial charge < -0.3 is 14.5 Å². The lowest BCUT2D eigenvalue weighted by Crippen LogP contribution is -2.47. The second-order valence-corrected chi connectivity index (χ2v) is 5.96. The molecule has 5 nitrogen and oxygen atoms in total. The van der Waals surface area contributed by atoms with Crippen LogP contribution in [0.5, 0.6) is 0 Å². The highest BCUT2D eigenvalue weighted by Crippen LogP contribution is 2.28. The van der Waals surface area contributed by atoms with Gasteiger partial charge in [-0.15, -0.1) is 0 Å². The van der Waals surface area contributed by atoms with Crippen molar-refractivity contribution in [3.8, 4) is 0 Å². The maximum absolute atomic E-state index is 13.9. The van der Waals surface area contributed by atoms with Crippen molar-refractivity contribution >= 4 is 12.4 Å². The fraction of sp³-hybridized carbons (Fsp3) is 0.867. The first-order valence-electron chi connectivity index (χ1n) is 7.89. The molecule has 2 saturated heterocycles. The van der Waals surface area contributed by atoms with Gasteiger partial charge in [0.05, 0.1) is 6.61 Å². The monoisotopic (exact) mass is 300 g/mol. The Labute approximate surface area is 125 Å². The third kappa shape index (κ3) is 4.15. The number of carbonyl (C=O) groups excluding carboxylic acids is 2. The molecule has 2 heterocycles. The van der Waals surface area contributed by atoms with Crippen LogP contribution >= 0.6 is 0 Å². The van der Waals surface area contributed by atoms with E-state index in [1.807, 2.05) is 6.92 Å². The maximum Gasteiger partial charge on any atom is 0.409 e. The number of carbonyl (C=O) groups is 2. The number of amides is 1. The Hall–Kier alpha value is -1.17. The minimum absolute atomic E-state index is 0.236. The lowest BCUT2D eigenvalue weighted by molar-refractivity contribution is -0.121. The van der Waals surface area contributed by atoms with Gasteiger partial charge in [0.2, 0.25) is 0 Å². The second kappa shape index (κ2) is 7.20. The average molecular weight is 300 g/mol. The fourth-order valence-corrected chi connectivity index (χ4v) is 3.22. The summed E-state index contributed by atoms with van der Waals surface area (Å²) >= 11 is 0. The van der Waals surface area contributed by atoms with Gasteiger partial charge in [0.15, 0.2) is 12.0 Å². The molecule has 0 radical (unpaired) electrons. The lowest BCUT2D eigenvalue weighted by atomic mass is 9.93. The molecule has 6 heteroatoms. The van der Waals surface area contributed by atoms with Crippen LogP contribution in [0.25, 0.3) is 0 Å². The number of likely N-dealkylation sites (tertiary alicyclic amines) is 2. The number of nitrogens with zero attached hydrogens (tertiary/aromatic N) is 2. The zero-order valence-electron chi connectivity index (χ0n) is 12.7. The molecule has 120 valence electrons. The summed E-state index contributed by atoms with van der Waals surface area (Å²) in [6.07, 6.45) is 3.63. The molecule has 1 atom stereocenters. The third-order valence-corrected chi connectivity index (χ3v) is 4.58. The number of halogens is 1. The summed E-state index contributed by atoms with van der Waals surface area (Å²) in [5.74, 6) is 0. The molecular weight excluding hydrogens is 275 g/mol. The van der Waals surface area contributed by atoms with Gasteiger partial charge in [-0.1, -0.05) is 0 Å². The van der Waals surface area contributed by atoms with Crippen LogP contribution in [0, 0.1) is 0 Å². The highest BCUT2D eigenvalue weighted by Gasteiger charge is 2.36. The molecule has 2 fully saturated rings. The zero-order chi connectivity index (χ0) is 15.3. The molecule has 0 aliphatic carbocycles. The third-order valence-electron chi connectivity index (χ3n) is 4.58. The smallest absolute Gasteiger partial charge is 0.409 e. The number of piperidine rings is 1. The first-order valence-corrected chi connectivity index (χ1v) is 7.89. The van der Waals surface area contributed by atoms with Gasteiger partial charge >= 0.3 is 6.09 Å². The zero-order valence-corrected chi connectivity index (χ0v) is 12.7. The SMILES string of the molecule is CCOC(=O)N1CCCC(N2CCC(F)(C=O)CC2)CC1. The summed E-state index contributed by atoms with van der Waals surface area (Å²) < 4.78 is 19.0. The van der Waals surface area contributed by atoms with Gasteiger partial charge in [0.25, 0.3) is 0 Å². The Morgan fingerprint density at radius 1 is 1.29 bits per heavy atom. The van der Waals surface area contributed by atoms with E-state index >= 15 is 0 Å². The van der Waals surface area contributed by atoms with E-state index < -0.39 is 5.67 Å². The summed E-state index contributed by atoms with van der Waals surface area (Å²) in [7, 11) is 0. The van der Waals surface area contributed by atoms with Crippen LogP contribution < -0.4 is 0 Å². The molecule has 0 aromatic carbocycles. The Bertz CT molecular complexity index is 370. The fourth-order valence-electron chi connectivity index (χ4n) is 3.22. The minimum atomic E-state index is -1.63. The van der Waals surface area contributed by atoms with Gasteiger partial charge in [-0.2, -0.15) is 0 Å². The largest absolute Gasteiger partial charge is 0.450 e. The van der Waals surface area contributed by atoms with E-state index in [4.69, 9.17) is 4.74 Å². The number of rotatable bonds is 3. The normalized spacial score (nSPS) is 27.0. The van der Waals surface area contributed by atoms with E-state index in [-0.39, 0.29) is 18.9 Å². The standard InChI is InChI=1S/C15H25FN2O3/c1-2-21-14(20)18-8-3-4-13(5-9-18)17-10-6-15(16,12-19)7-11-17/h12-13H,2-11H2,1H3. The summed E-state index contributed by atoms with van der Waals surface area (Å²) in [5.41, 5.74) is -1.63. The Kier molecular flexibility index (Phi) is 5.56. The van der Waals surface area contributed by atoms with Crippen LogP contribution in [0.2, 0.25) is 0 Å². The van der Waals surface area contributed by atoms with E-state index in [1.165, 1.54) is 0 Å². The van der Waals surface area contributed by atoms with Gasteiger partial charge in [-0.25, -0.2) is 9.18 Å². The van der Waals surface area contributed by atoms with Crippen LogP contribution in [0.15, 0.2) is 0 Å². The van der Waals surface area contributed by atoms with Crippen molar-refractivity contribution in [1.82, 2.24) is 9.80 Å². The van der Waals surface area contributed by atoms with E-state index in [0.29, 0.717) is 38.6 Å². The first kappa shape index (κ1) is 16.2. The van der Waals surface area contributed by atoms with Crippen molar-refractivity contribution < 1.29 is 18.7 Å². The van der Waals surface area contributed by atoms with Crippen molar-refractivity contribution in [1.29, 1.82) is 0 Å². The highest BCUT2D eigenvalue weighted by atomic mass is 19.1. The molecule has 0 bridgehead atoms.